The van der Waals surface area contributed by atoms with Crippen molar-refractivity contribution in [3.63, 3.8) is 0 Å². The van der Waals surface area contributed by atoms with Crippen molar-refractivity contribution in [1.82, 2.24) is 19.1 Å². The molecule has 1 aromatic carbocycles. The maximum atomic E-state index is 4.46. The first kappa shape index (κ1) is 9.47. The number of benzene rings is 1. The van der Waals surface area contributed by atoms with Gasteiger partial charge in [0.05, 0.1) is 16.9 Å². The number of hydrogen-bond donors (Lipinski definition) is 0. The Bertz CT molecular complexity index is 612. The Morgan fingerprint density at radius 3 is 3.12 bits per heavy atom. The summed E-state index contributed by atoms with van der Waals surface area (Å²) >= 11 is 1.53. The Labute approximate surface area is 96.7 Å². The molecule has 2 aromatic heterocycles. The van der Waals surface area contributed by atoms with Gasteiger partial charge in [-0.15, -0.1) is 0 Å². The Morgan fingerprint density at radius 2 is 2.31 bits per heavy atom. The average molecular weight is 230 g/mol. The first-order valence-electron chi connectivity index (χ1n) is 5.00. The van der Waals surface area contributed by atoms with Gasteiger partial charge in [-0.3, -0.25) is 0 Å². The van der Waals surface area contributed by atoms with E-state index in [2.05, 4.69) is 39.6 Å². The minimum Gasteiger partial charge on any atom is -0.247 e. The molecule has 0 aliphatic carbocycles. The van der Waals surface area contributed by atoms with E-state index in [-0.39, 0.29) is 0 Å². The van der Waals surface area contributed by atoms with Crippen LogP contribution in [0.15, 0.2) is 30.9 Å². The van der Waals surface area contributed by atoms with Crippen LogP contribution in [0.2, 0.25) is 0 Å². The quantitative estimate of drug-likeness (QED) is 0.678. The summed E-state index contributed by atoms with van der Waals surface area (Å²) < 4.78 is 7.48. The van der Waals surface area contributed by atoms with Crippen molar-refractivity contribution >= 4 is 21.6 Å². The van der Waals surface area contributed by atoms with Crippen LogP contribution >= 0.6 is 11.5 Å². The highest BCUT2D eigenvalue weighted by Gasteiger charge is 2.06. The molecule has 0 spiro atoms. The zero-order valence-electron chi connectivity index (χ0n) is 8.79. The van der Waals surface area contributed by atoms with Crippen LogP contribution in [0.4, 0.5) is 0 Å². The maximum absolute atomic E-state index is 4.46. The van der Waals surface area contributed by atoms with Gasteiger partial charge >= 0.3 is 0 Å². The molecule has 0 atom stereocenters. The third-order valence-corrected chi connectivity index (χ3v) is 3.34. The van der Waals surface area contributed by atoms with Crippen LogP contribution < -0.4 is 0 Å². The first-order chi connectivity index (χ1) is 7.83. The second-order valence-corrected chi connectivity index (χ2v) is 4.53. The van der Waals surface area contributed by atoms with Crippen molar-refractivity contribution < 1.29 is 0 Å². The van der Waals surface area contributed by atoms with Gasteiger partial charge in [0.25, 0.3) is 0 Å². The number of nitrogens with zero attached hydrogens (tertiary/aromatic N) is 4. The summed E-state index contributed by atoms with van der Waals surface area (Å²) in [6.45, 7) is 2.78. The van der Waals surface area contributed by atoms with Gasteiger partial charge in [-0.2, -0.15) is 9.47 Å². The molecular formula is C11H10N4S. The molecular weight excluding hydrogens is 220 g/mol. The fourth-order valence-electron chi connectivity index (χ4n) is 1.68. The van der Waals surface area contributed by atoms with Gasteiger partial charge in [0.2, 0.25) is 0 Å². The van der Waals surface area contributed by atoms with Gasteiger partial charge in [-0.25, -0.2) is 9.67 Å². The number of aromatic nitrogens is 4. The van der Waals surface area contributed by atoms with Crippen molar-refractivity contribution in [3.8, 4) is 0 Å². The van der Waals surface area contributed by atoms with Crippen molar-refractivity contribution in [2.24, 2.45) is 0 Å². The lowest BCUT2D eigenvalue weighted by molar-refractivity contribution is 0.679. The number of rotatable bonds is 2. The molecule has 0 saturated carbocycles. The minimum atomic E-state index is 0.684. The molecule has 0 aliphatic heterocycles. The topological polar surface area (TPSA) is 43.6 Å². The fourth-order valence-corrected chi connectivity index (χ4v) is 2.45. The molecule has 0 fully saturated rings. The third-order valence-electron chi connectivity index (χ3n) is 2.48. The van der Waals surface area contributed by atoms with E-state index in [1.165, 1.54) is 27.2 Å². The standard InChI is InChI=1S/C11H10N4S/c1-8-2-3-11-9(4-8)10(14-16-11)5-15-7-12-6-13-15/h2-4,6-7H,5H2,1H3. The summed E-state index contributed by atoms with van der Waals surface area (Å²) in [4.78, 5) is 3.93. The fraction of sp³-hybridized carbons (Fsp3) is 0.182. The smallest absolute Gasteiger partial charge is 0.137 e. The van der Waals surface area contributed by atoms with Crippen molar-refractivity contribution in [1.29, 1.82) is 0 Å². The SMILES string of the molecule is Cc1ccc2snc(Cn3cncn3)c2c1. The van der Waals surface area contributed by atoms with E-state index in [0.29, 0.717) is 6.54 Å². The summed E-state index contributed by atoms with van der Waals surface area (Å²) in [5.41, 5.74) is 2.32. The third kappa shape index (κ3) is 1.59. The van der Waals surface area contributed by atoms with Gasteiger partial charge in [-0.05, 0) is 30.6 Å². The summed E-state index contributed by atoms with van der Waals surface area (Å²) in [6, 6.07) is 6.40. The molecule has 80 valence electrons. The zero-order valence-corrected chi connectivity index (χ0v) is 9.61. The van der Waals surface area contributed by atoms with Gasteiger partial charge in [0, 0.05) is 5.39 Å². The number of aryl methyl sites for hydroxylation is 1. The lowest BCUT2D eigenvalue weighted by Crippen LogP contribution is -2.00. The molecule has 16 heavy (non-hydrogen) atoms. The lowest BCUT2D eigenvalue weighted by atomic mass is 10.1. The summed E-state index contributed by atoms with van der Waals surface area (Å²) in [5, 5.41) is 5.31. The monoisotopic (exact) mass is 230 g/mol. The van der Waals surface area contributed by atoms with E-state index in [1.54, 1.807) is 17.3 Å². The molecule has 0 amide bonds. The summed E-state index contributed by atoms with van der Waals surface area (Å²) in [5.74, 6) is 0. The molecule has 0 saturated heterocycles. The molecule has 0 radical (unpaired) electrons. The molecule has 0 unspecified atom stereocenters. The van der Waals surface area contributed by atoms with Crippen LogP contribution in [-0.4, -0.2) is 19.1 Å². The Kier molecular flexibility index (Phi) is 2.18. The van der Waals surface area contributed by atoms with E-state index in [1.807, 2.05) is 0 Å². The van der Waals surface area contributed by atoms with Crippen LogP contribution in [-0.2, 0) is 6.54 Å². The molecule has 3 aromatic rings. The minimum absolute atomic E-state index is 0.684. The Hall–Kier alpha value is -1.75. The average Bonchev–Trinajstić information content (AvgIpc) is 2.90. The largest absolute Gasteiger partial charge is 0.247 e. The highest BCUT2D eigenvalue weighted by atomic mass is 32.1. The Morgan fingerprint density at radius 1 is 1.38 bits per heavy atom. The molecule has 0 N–H and O–H groups in total. The van der Waals surface area contributed by atoms with Gasteiger partial charge in [0.15, 0.2) is 0 Å². The molecule has 5 heteroatoms. The summed E-state index contributed by atoms with van der Waals surface area (Å²) in [7, 11) is 0. The van der Waals surface area contributed by atoms with Gasteiger partial charge < -0.3 is 0 Å². The van der Waals surface area contributed by atoms with Crippen molar-refractivity contribution in [2.75, 3.05) is 0 Å². The highest BCUT2D eigenvalue weighted by molar-refractivity contribution is 7.13. The van der Waals surface area contributed by atoms with E-state index in [0.717, 1.165) is 5.69 Å². The van der Waals surface area contributed by atoms with E-state index in [4.69, 9.17) is 0 Å². The maximum Gasteiger partial charge on any atom is 0.137 e. The molecule has 3 rings (SSSR count). The van der Waals surface area contributed by atoms with Crippen molar-refractivity contribution in [3.05, 3.63) is 42.1 Å². The van der Waals surface area contributed by atoms with Crippen LogP contribution in [0.1, 0.15) is 11.3 Å². The molecule has 2 heterocycles. The van der Waals surface area contributed by atoms with E-state index >= 15 is 0 Å². The first-order valence-corrected chi connectivity index (χ1v) is 5.77. The molecule has 0 bridgehead atoms. The highest BCUT2D eigenvalue weighted by Crippen LogP contribution is 2.24. The van der Waals surface area contributed by atoms with E-state index in [9.17, 15) is 0 Å². The second-order valence-electron chi connectivity index (χ2n) is 3.72. The Balaban J connectivity index is 2.07. The van der Waals surface area contributed by atoms with Crippen LogP contribution in [0.5, 0.6) is 0 Å². The molecule has 0 aliphatic rings. The predicted molar refractivity (Wildman–Crippen MR) is 63.5 cm³/mol. The van der Waals surface area contributed by atoms with Crippen molar-refractivity contribution in [2.45, 2.75) is 13.5 Å². The normalized spacial score (nSPS) is 11.1. The summed E-state index contributed by atoms with van der Waals surface area (Å²) in [6.07, 6.45) is 3.25. The second kappa shape index (κ2) is 3.68. The van der Waals surface area contributed by atoms with Crippen LogP contribution in [0.3, 0.4) is 0 Å². The number of hydrogen-bond acceptors (Lipinski definition) is 4. The molecule has 4 nitrogen and oxygen atoms in total. The van der Waals surface area contributed by atoms with Gasteiger partial charge in [-0.1, -0.05) is 11.6 Å². The van der Waals surface area contributed by atoms with Gasteiger partial charge in [0.1, 0.15) is 12.7 Å². The lowest BCUT2D eigenvalue weighted by Gasteiger charge is -1.98. The van der Waals surface area contributed by atoms with Crippen LogP contribution in [0, 0.1) is 6.92 Å². The zero-order chi connectivity index (χ0) is 11.0. The predicted octanol–water partition coefficient (Wildman–Crippen LogP) is 2.24. The number of fused-ring (bicyclic) bond motifs is 1. The van der Waals surface area contributed by atoms with E-state index < -0.39 is 0 Å². The van der Waals surface area contributed by atoms with Crippen LogP contribution in [0.25, 0.3) is 10.1 Å².